The predicted octanol–water partition coefficient (Wildman–Crippen LogP) is 4.13. The molecule has 1 N–H and O–H groups in total. The van der Waals surface area contributed by atoms with Crippen molar-refractivity contribution >= 4 is 11.6 Å². The minimum Gasteiger partial charge on any atom is -0.316 e. The van der Waals surface area contributed by atoms with Crippen molar-refractivity contribution in [3.63, 3.8) is 0 Å². The molecular weight excluding hydrogens is 299 g/mol. The summed E-state index contributed by atoms with van der Waals surface area (Å²) in [4.78, 5) is 0. The van der Waals surface area contributed by atoms with Crippen LogP contribution in [0.25, 0.3) is 0 Å². The molecule has 0 aromatic heterocycles. The van der Waals surface area contributed by atoms with Gasteiger partial charge in [0.15, 0.2) is 11.6 Å². The Morgan fingerprint density at radius 2 is 1.76 bits per heavy atom. The molecule has 5 heteroatoms. The average Bonchev–Trinajstić information content (AvgIpc) is 2.44. The SMILES string of the molecule is CNC(Cc1ccc(F)c(F)c1)Cc1ccc(F)cc1Cl. The highest BCUT2D eigenvalue weighted by molar-refractivity contribution is 6.31. The van der Waals surface area contributed by atoms with E-state index >= 15 is 0 Å². The summed E-state index contributed by atoms with van der Waals surface area (Å²) in [5.74, 6) is -2.10. The van der Waals surface area contributed by atoms with Gasteiger partial charge in [-0.3, -0.25) is 0 Å². The maximum absolute atomic E-state index is 13.2. The smallest absolute Gasteiger partial charge is 0.159 e. The molecule has 21 heavy (non-hydrogen) atoms. The molecule has 2 rings (SSSR count). The first-order valence-corrected chi connectivity index (χ1v) is 6.92. The van der Waals surface area contributed by atoms with Crippen molar-refractivity contribution < 1.29 is 13.2 Å². The average molecular weight is 314 g/mol. The van der Waals surface area contributed by atoms with Crippen molar-refractivity contribution in [2.45, 2.75) is 18.9 Å². The fourth-order valence-corrected chi connectivity index (χ4v) is 2.42. The zero-order chi connectivity index (χ0) is 15.4. The first kappa shape index (κ1) is 15.9. The van der Waals surface area contributed by atoms with E-state index in [-0.39, 0.29) is 11.9 Å². The molecule has 1 nitrogen and oxygen atoms in total. The Kier molecular flexibility index (Phi) is 5.26. The lowest BCUT2D eigenvalue weighted by Gasteiger charge is -2.17. The fourth-order valence-electron chi connectivity index (χ4n) is 2.18. The summed E-state index contributed by atoms with van der Waals surface area (Å²) in [6.07, 6.45) is 1.08. The Labute approximate surface area is 126 Å². The quantitative estimate of drug-likeness (QED) is 0.875. The maximum Gasteiger partial charge on any atom is 0.159 e. The van der Waals surface area contributed by atoms with Gasteiger partial charge in [-0.25, -0.2) is 13.2 Å². The van der Waals surface area contributed by atoms with E-state index in [1.807, 2.05) is 0 Å². The van der Waals surface area contributed by atoms with Crippen LogP contribution in [0.4, 0.5) is 13.2 Å². The van der Waals surface area contributed by atoms with Crippen molar-refractivity contribution in [1.29, 1.82) is 0 Å². The van der Waals surface area contributed by atoms with Crippen molar-refractivity contribution in [3.8, 4) is 0 Å². The van der Waals surface area contributed by atoms with Crippen molar-refractivity contribution in [3.05, 3.63) is 70.0 Å². The Hall–Kier alpha value is -1.52. The van der Waals surface area contributed by atoms with Gasteiger partial charge >= 0.3 is 0 Å². The Morgan fingerprint density at radius 1 is 1.00 bits per heavy atom. The fraction of sp³-hybridized carbons (Fsp3) is 0.250. The van der Waals surface area contributed by atoms with Crippen LogP contribution < -0.4 is 5.32 Å². The van der Waals surface area contributed by atoms with E-state index in [0.29, 0.717) is 23.4 Å². The molecule has 1 unspecified atom stereocenters. The first-order chi connectivity index (χ1) is 9.99. The molecule has 0 amide bonds. The van der Waals surface area contributed by atoms with Crippen LogP contribution in [0.15, 0.2) is 36.4 Å². The highest BCUT2D eigenvalue weighted by Gasteiger charge is 2.12. The van der Waals surface area contributed by atoms with Gasteiger partial charge in [-0.2, -0.15) is 0 Å². The van der Waals surface area contributed by atoms with Gasteiger partial charge in [-0.15, -0.1) is 0 Å². The molecule has 0 aliphatic heterocycles. The van der Waals surface area contributed by atoms with Gasteiger partial charge < -0.3 is 5.32 Å². The van der Waals surface area contributed by atoms with Crippen molar-refractivity contribution in [2.75, 3.05) is 7.05 Å². The summed E-state index contributed by atoms with van der Waals surface area (Å²) in [6, 6.07) is 8.08. The summed E-state index contributed by atoms with van der Waals surface area (Å²) >= 11 is 6.00. The van der Waals surface area contributed by atoms with Gasteiger partial charge in [-0.1, -0.05) is 23.7 Å². The highest BCUT2D eigenvalue weighted by Crippen LogP contribution is 2.20. The molecule has 112 valence electrons. The Morgan fingerprint density at radius 3 is 2.38 bits per heavy atom. The number of hydrogen-bond acceptors (Lipinski definition) is 1. The van der Waals surface area contributed by atoms with Crippen LogP contribution in [0.2, 0.25) is 5.02 Å². The summed E-state index contributed by atoms with van der Waals surface area (Å²) in [7, 11) is 1.78. The molecule has 0 spiro atoms. The largest absolute Gasteiger partial charge is 0.316 e. The van der Waals surface area contributed by atoms with Gasteiger partial charge in [0.2, 0.25) is 0 Å². The predicted molar refractivity (Wildman–Crippen MR) is 78.0 cm³/mol. The second-order valence-electron chi connectivity index (χ2n) is 4.88. The number of benzene rings is 2. The topological polar surface area (TPSA) is 12.0 Å². The van der Waals surface area contributed by atoms with Crippen LogP contribution in [0.1, 0.15) is 11.1 Å². The molecule has 0 fully saturated rings. The van der Waals surface area contributed by atoms with Gasteiger partial charge in [0, 0.05) is 11.1 Å². The van der Waals surface area contributed by atoms with E-state index in [4.69, 9.17) is 11.6 Å². The third-order valence-corrected chi connectivity index (χ3v) is 3.71. The Balaban J connectivity index is 2.10. The van der Waals surface area contributed by atoms with Crippen LogP contribution in [0, 0.1) is 17.5 Å². The number of hydrogen-bond donors (Lipinski definition) is 1. The minimum absolute atomic E-state index is 0.0159. The molecule has 0 heterocycles. The van der Waals surface area contributed by atoms with E-state index in [1.165, 1.54) is 18.2 Å². The molecular formula is C16H15ClF3N. The third-order valence-electron chi connectivity index (χ3n) is 3.36. The molecule has 2 aromatic carbocycles. The molecule has 1 atom stereocenters. The summed E-state index contributed by atoms with van der Waals surface area (Å²) in [5.41, 5.74) is 1.49. The van der Waals surface area contributed by atoms with E-state index < -0.39 is 11.6 Å². The number of likely N-dealkylation sites (N-methyl/N-ethyl adjacent to an activating group) is 1. The second-order valence-corrected chi connectivity index (χ2v) is 5.29. The zero-order valence-corrected chi connectivity index (χ0v) is 12.2. The molecule has 0 aliphatic rings. The molecule has 2 aromatic rings. The van der Waals surface area contributed by atoms with Crippen LogP contribution in [0.5, 0.6) is 0 Å². The van der Waals surface area contributed by atoms with E-state index in [9.17, 15) is 13.2 Å². The lowest BCUT2D eigenvalue weighted by atomic mass is 9.99. The van der Waals surface area contributed by atoms with Crippen LogP contribution in [0.3, 0.4) is 0 Å². The summed E-state index contributed by atoms with van der Waals surface area (Å²) in [5, 5.41) is 3.47. The van der Waals surface area contributed by atoms with E-state index in [0.717, 1.165) is 11.6 Å². The van der Waals surface area contributed by atoms with E-state index in [2.05, 4.69) is 5.32 Å². The molecule has 0 bridgehead atoms. The standard InChI is InChI=1S/C16H15ClF3N/c1-21-13(6-10-2-5-15(19)16(20)7-10)8-11-3-4-12(18)9-14(11)17/h2-5,7,9,13,21H,6,8H2,1H3. The Bertz CT molecular complexity index is 631. The van der Waals surface area contributed by atoms with Crippen LogP contribution in [-0.2, 0) is 12.8 Å². The van der Waals surface area contributed by atoms with Gasteiger partial charge in [-0.05, 0) is 55.3 Å². The number of halogens is 4. The zero-order valence-electron chi connectivity index (χ0n) is 11.5. The molecule has 0 saturated carbocycles. The second kappa shape index (κ2) is 6.96. The number of rotatable bonds is 5. The van der Waals surface area contributed by atoms with Gasteiger partial charge in [0.05, 0.1) is 0 Å². The monoisotopic (exact) mass is 313 g/mol. The third kappa shape index (κ3) is 4.22. The van der Waals surface area contributed by atoms with Crippen LogP contribution in [-0.4, -0.2) is 13.1 Å². The highest BCUT2D eigenvalue weighted by atomic mass is 35.5. The lowest BCUT2D eigenvalue weighted by molar-refractivity contribution is 0.503. The number of nitrogens with one attached hydrogen (secondary N) is 1. The van der Waals surface area contributed by atoms with Crippen molar-refractivity contribution in [2.24, 2.45) is 0 Å². The van der Waals surface area contributed by atoms with E-state index in [1.54, 1.807) is 19.2 Å². The summed E-state index contributed by atoms with van der Waals surface area (Å²) in [6.45, 7) is 0. The first-order valence-electron chi connectivity index (χ1n) is 6.54. The minimum atomic E-state index is -0.860. The summed E-state index contributed by atoms with van der Waals surface area (Å²) < 4.78 is 39.1. The molecule has 0 radical (unpaired) electrons. The van der Waals surface area contributed by atoms with Crippen molar-refractivity contribution in [1.82, 2.24) is 5.32 Å². The van der Waals surface area contributed by atoms with Crippen LogP contribution >= 0.6 is 11.6 Å². The van der Waals surface area contributed by atoms with Gasteiger partial charge in [0.25, 0.3) is 0 Å². The maximum atomic E-state index is 13.2. The normalized spacial score (nSPS) is 12.4. The lowest BCUT2D eigenvalue weighted by Crippen LogP contribution is -2.30. The van der Waals surface area contributed by atoms with Gasteiger partial charge in [0.1, 0.15) is 5.82 Å². The molecule has 0 saturated heterocycles. The molecule has 0 aliphatic carbocycles.